The second kappa shape index (κ2) is 8.30. The topological polar surface area (TPSA) is 29.5 Å². The van der Waals surface area contributed by atoms with E-state index in [1.54, 1.807) is 0 Å². The zero-order valence-corrected chi connectivity index (χ0v) is 15.2. The van der Waals surface area contributed by atoms with Gasteiger partial charge in [0.1, 0.15) is 0 Å². The Morgan fingerprint density at radius 3 is 2.76 bits per heavy atom. The molecular weight excluding hydrogens is 310 g/mol. The molecule has 2 aromatic carbocycles. The fraction of sp³-hybridized carbons (Fsp3) is 0.409. The van der Waals surface area contributed by atoms with E-state index in [0.29, 0.717) is 6.10 Å². The molecule has 1 aliphatic rings. The Morgan fingerprint density at radius 1 is 1.16 bits per heavy atom. The molecule has 1 heterocycles. The van der Waals surface area contributed by atoms with E-state index in [4.69, 9.17) is 4.74 Å². The van der Waals surface area contributed by atoms with Crippen molar-refractivity contribution >= 4 is 5.91 Å². The van der Waals surface area contributed by atoms with Crippen LogP contribution in [0.4, 0.5) is 0 Å². The van der Waals surface area contributed by atoms with Crippen LogP contribution in [0.25, 0.3) is 11.1 Å². The molecule has 0 aliphatic carbocycles. The van der Waals surface area contributed by atoms with Crippen molar-refractivity contribution in [2.45, 2.75) is 38.7 Å². The van der Waals surface area contributed by atoms with Gasteiger partial charge in [-0.15, -0.1) is 0 Å². The molecule has 0 aromatic heterocycles. The Morgan fingerprint density at radius 2 is 2.00 bits per heavy atom. The number of hydrogen-bond donors (Lipinski definition) is 0. The van der Waals surface area contributed by atoms with Crippen molar-refractivity contribution in [1.29, 1.82) is 0 Å². The summed E-state index contributed by atoms with van der Waals surface area (Å²) in [4.78, 5) is 14.6. The van der Waals surface area contributed by atoms with Gasteiger partial charge in [0, 0.05) is 25.8 Å². The van der Waals surface area contributed by atoms with Crippen LogP contribution in [0.1, 0.15) is 41.6 Å². The minimum absolute atomic E-state index is 0.0752. The van der Waals surface area contributed by atoms with Crippen molar-refractivity contribution in [2.24, 2.45) is 0 Å². The minimum atomic E-state index is 0.0752. The molecule has 1 amide bonds. The van der Waals surface area contributed by atoms with E-state index in [1.807, 2.05) is 42.3 Å². The summed E-state index contributed by atoms with van der Waals surface area (Å²) < 4.78 is 5.77. The molecule has 1 saturated heterocycles. The average molecular weight is 337 g/mol. The van der Waals surface area contributed by atoms with Gasteiger partial charge in [-0.2, -0.15) is 0 Å². The fourth-order valence-electron chi connectivity index (χ4n) is 3.41. The summed E-state index contributed by atoms with van der Waals surface area (Å²) >= 11 is 0. The van der Waals surface area contributed by atoms with Crippen LogP contribution >= 0.6 is 0 Å². The molecule has 0 spiro atoms. The summed E-state index contributed by atoms with van der Waals surface area (Å²) in [5.41, 5.74) is 4.23. The van der Waals surface area contributed by atoms with Gasteiger partial charge >= 0.3 is 0 Å². The number of rotatable bonds is 5. The molecule has 3 rings (SSSR count). The Balaban J connectivity index is 1.67. The average Bonchev–Trinajstić information content (AvgIpc) is 2.67. The van der Waals surface area contributed by atoms with Crippen LogP contribution in [0.3, 0.4) is 0 Å². The predicted molar refractivity (Wildman–Crippen MR) is 102 cm³/mol. The highest BCUT2D eigenvalue weighted by Gasteiger charge is 2.17. The summed E-state index contributed by atoms with van der Waals surface area (Å²) in [7, 11) is 1.88. The van der Waals surface area contributed by atoms with E-state index in [-0.39, 0.29) is 5.91 Å². The molecule has 0 radical (unpaired) electrons. The molecule has 3 heteroatoms. The highest BCUT2D eigenvalue weighted by molar-refractivity contribution is 5.95. The van der Waals surface area contributed by atoms with Crippen molar-refractivity contribution in [3.05, 3.63) is 59.7 Å². The molecule has 132 valence electrons. The van der Waals surface area contributed by atoms with Gasteiger partial charge in [0.25, 0.3) is 5.91 Å². The van der Waals surface area contributed by atoms with E-state index >= 15 is 0 Å². The number of carbonyl (C=O) groups is 1. The van der Waals surface area contributed by atoms with Crippen LogP contribution in [0.15, 0.2) is 48.5 Å². The number of aryl methyl sites for hydroxylation is 1. The first-order valence-electron chi connectivity index (χ1n) is 9.18. The number of hydrogen-bond acceptors (Lipinski definition) is 2. The van der Waals surface area contributed by atoms with Crippen molar-refractivity contribution in [3.8, 4) is 11.1 Å². The number of amides is 1. The van der Waals surface area contributed by atoms with Crippen molar-refractivity contribution in [2.75, 3.05) is 20.2 Å². The smallest absolute Gasteiger partial charge is 0.253 e. The normalized spacial score (nSPS) is 17.3. The Hall–Kier alpha value is -2.13. The minimum Gasteiger partial charge on any atom is -0.378 e. The van der Waals surface area contributed by atoms with Crippen molar-refractivity contribution in [1.82, 2.24) is 4.90 Å². The first-order chi connectivity index (χ1) is 12.1. The van der Waals surface area contributed by atoms with Gasteiger partial charge in [-0.25, -0.2) is 0 Å². The van der Waals surface area contributed by atoms with Gasteiger partial charge in [0.2, 0.25) is 0 Å². The van der Waals surface area contributed by atoms with Crippen molar-refractivity contribution < 1.29 is 9.53 Å². The standard InChI is InChI=1S/C22H27NO2/c1-17-8-3-4-12-21(17)18-9-7-10-19(16-18)22(24)23(2)14-13-20-11-5-6-15-25-20/h3-4,7-10,12,16,20H,5-6,11,13-15H2,1-2H3/t20-/m0/s1. The zero-order chi connectivity index (χ0) is 17.6. The largest absolute Gasteiger partial charge is 0.378 e. The van der Waals surface area contributed by atoms with Crippen LogP contribution in [0.2, 0.25) is 0 Å². The van der Waals surface area contributed by atoms with E-state index in [9.17, 15) is 4.79 Å². The van der Waals surface area contributed by atoms with Crippen LogP contribution in [0.5, 0.6) is 0 Å². The molecule has 1 aliphatic heterocycles. The molecule has 2 aromatic rings. The lowest BCUT2D eigenvalue weighted by molar-refractivity contribution is 0.00709. The van der Waals surface area contributed by atoms with Crippen LogP contribution in [-0.2, 0) is 4.74 Å². The van der Waals surface area contributed by atoms with E-state index in [2.05, 4.69) is 25.1 Å². The predicted octanol–water partition coefficient (Wildman–Crippen LogP) is 4.69. The summed E-state index contributed by atoms with van der Waals surface area (Å²) in [5.74, 6) is 0.0752. The summed E-state index contributed by atoms with van der Waals surface area (Å²) in [6, 6.07) is 16.2. The molecule has 0 saturated carbocycles. The number of ether oxygens (including phenoxy) is 1. The van der Waals surface area contributed by atoms with Gasteiger partial charge in [0.05, 0.1) is 6.10 Å². The summed E-state index contributed by atoms with van der Waals surface area (Å²) in [6.45, 7) is 3.69. The first-order valence-corrected chi connectivity index (χ1v) is 9.18. The number of benzene rings is 2. The zero-order valence-electron chi connectivity index (χ0n) is 15.2. The lowest BCUT2D eigenvalue weighted by Gasteiger charge is -2.25. The van der Waals surface area contributed by atoms with Crippen molar-refractivity contribution in [3.63, 3.8) is 0 Å². The fourth-order valence-corrected chi connectivity index (χ4v) is 3.41. The SMILES string of the molecule is Cc1ccccc1-c1cccc(C(=O)N(C)CC[C@@H]2CCCCO2)c1. The third-order valence-electron chi connectivity index (χ3n) is 4.97. The van der Waals surface area contributed by atoms with Crippen LogP contribution in [-0.4, -0.2) is 37.1 Å². The third kappa shape index (κ3) is 4.49. The Bertz CT molecular complexity index is 719. The molecule has 0 bridgehead atoms. The van der Waals surface area contributed by atoms with E-state index in [0.717, 1.165) is 43.5 Å². The second-order valence-corrected chi connectivity index (χ2v) is 6.90. The van der Waals surface area contributed by atoms with Crippen LogP contribution in [0, 0.1) is 6.92 Å². The highest BCUT2D eigenvalue weighted by atomic mass is 16.5. The third-order valence-corrected chi connectivity index (χ3v) is 4.97. The Labute approximate surface area is 150 Å². The Kier molecular flexibility index (Phi) is 5.87. The molecule has 1 atom stereocenters. The van der Waals surface area contributed by atoms with Gasteiger partial charge in [0.15, 0.2) is 0 Å². The molecule has 0 N–H and O–H groups in total. The highest BCUT2D eigenvalue weighted by Crippen LogP contribution is 2.24. The summed E-state index contributed by atoms with van der Waals surface area (Å²) in [5, 5.41) is 0. The molecule has 1 fully saturated rings. The molecule has 0 unspecified atom stereocenters. The maximum absolute atomic E-state index is 12.8. The molecule has 25 heavy (non-hydrogen) atoms. The number of nitrogens with zero attached hydrogens (tertiary/aromatic N) is 1. The maximum Gasteiger partial charge on any atom is 0.253 e. The second-order valence-electron chi connectivity index (χ2n) is 6.90. The lowest BCUT2D eigenvalue weighted by Crippen LogP contribution is -2.31. The lowest BCUT2D eigenvalue weighted by atomic mass is 9.98. The van der Waals surface area contributed by atoms with Crippen LogP contribution < -0.4 is 0 Å². The molecular formula is C22H27NO2. The monoisotopic (exact) mass is 337 g/mol. The van der Waals surface area contributed by atoms with Gasteiger partial charge in [-0.3, -0.25) is 4.79 Å². The molecule has 3 nitrogen and oxygen atoms in total. The summed E-state index contributed by atoms with van der Waals surface area (Å²) in [6.07, 6.45) is 4.74. The van der Waals surface area contributed by atoms with Gasteiger partial charge < -0.3 is 9.64 Å². The quantitative estimate of drug-likeness (QED) is 0.792. The van der Waals surface area contributed by atoms with E-state index in [1.165, 1.54) is 17.5 Å². The first kappa shape index (κ1) is 17.7. The van der Waals surface area contributed by atoms with Gasteiger partial charge in [-0.1, -0.05) is 36.4 Å². The van der Waals surface area contributed by atoms with Gasteiger partial charge in [-0.05, 0) is 61.4 Å². The maximum atomic E-state index is 12.8. The van der Waals surface area contributed by atoms with E-state index < -0.39 is 0 Å². The number of carbonyl (C=O) groups excluding carboxylic acids is 1.